The van der Waals surface area contributed by atoms with E-state index in [1.807, 2.05) is 0 Å². The summed E-state index contributed by atoms with van der Waals surface area (Å²) in [5.74, 6) is 0. The molecule has 1 aromatic carbocycles. The average molecular weight is 509 g/mol. The number of alkyl halides is 2. The number of piperidine rings is 1. The van der Waals surface area contributed by atoms with E-state index in [2.05, 4.69) is 4.72 Å². The highest BCUT2D eigenvalue weighted by Crippen LogP contribution is 2.37. The minimum absolute atomic E-state index is 0.0934. The first-order valence-corrected chi connectivity index (χ1v) is 13.4. The van der Waals surface area contributed by atoms with Crippen molar-refractivity contribution in [3.8, 4) is 0 Å². The summed E-state index contributed by atoms with van der Waals surface area (Å²) in [7, 11) is -4.58. The average Bonchev–Trinajstić information content (AvgIpc) is 2.70. The summed E-state index contributed by atoms with van der Waals surface area (Å²) in [6.07, 6.45) is -1.30. The number of amides is 1. The number of ether oxygens (including phenoxy) is 1. The first kappa shape index (κ1) is 27.8. The third-order valence-electron chi connectivity index (χ3n) is 5.22. The number of nitrogens with zero attached hydrogens (tertiary/aromatic N) is 1. The minimum Gasteiger partial charge on any atom is -0.598 e. The Labute approximate surface area is 198 Å². The van der Waals surface area contributed by atoms with Gasteiger partial charge in [0.05, 0.1) is 4.90 Å². The molecule has 0 aliphatic carbocycles. The fraction of sp³-hybridized carbons (Fsp3) is 0.682. The van der Waals surface area contributed by atoms with Crippen LogP contribution in [0.25, 0.3) is 0 Å². The summed E-state index contributed by atoms with van der Waals surface area (Å²) >= 11 is -1.94. The van der Waals surface area contributed by atoms with Gasteiger partial charge in [0.2, 0.25) is 15.3 Å². The van der Waals surface area contributed by atoms with Crippen LogP contribution in [0.15, 0.2) is 35.2 Å². The highest BCUT2D eigenvalue weighted by Gasteiger charge is 2.54. The number of rotatable bonds is 6. The Morgan fingerprint density at radius 2 is 1.67 bits per heavy atom. The number of benzene rings is 1. The van der Waals surface area contributed by atoms with Crippen molar-refractivity contribution >= 4 is 27.3 Å². The molecule has 1 fully saturated rings. The molecule has 33 heavy (non-hydrogen) atoms. The quantitative estimate of drug-likeness (QED) is 0.585. The molecule has 3 atom stereocenters. The molecule has 1 aliphatic heterocycles. The van der Waals surface area contributed by atoms with Gasteiger partial charge < -0.3 is 14.2 Å². The Morgan fingerprint density at radius 3 is 2.12 bits per heavy atom. The van der Waals surface area contributed by atoms with E-state index in [1.165, 1.54) is 29.2 Å². The van der Waals surface area contributed by atoms with E-state index in [0.717, 1.165) is 0 Å². The first-order chi connectivity index (χ1) is 15.0. The Hall–Kier alpha value is -1.43. The molecule has 1 saturated heterocycles. The van der Waals surface area contributed by atoms with Crippen molar-refractivity contribution in [1.29, 1.82) is 0 Å². The smallest absolute Gasteiger partial charge is 0.410 e. The van der Waals surface area contributed by atoms with Gasteiger partial charge in [-0.2, -0.15) is 0 Å². The van der Waals surface area contributed by atoms with Crippen molar-refractivity contribution in [2.45, 2.75) is 86.8 Å². The van der Waals surface area contributed by atoms with Crippen molar-refractivity contribution in [1.82, 2.24) is 9.62 Å². The number of sulfone groups is 1. The molecule has 0 aromatic heterocycles. The van der Waals surface area contributed by atoms with Crippen LogP contribution in [0.3, 0.4) is 0 Å². The lowest BCUT2D eigenvalue weighted by Crippen LogP contribution is -2.62. The third-order valence-corrected chi connectivity index (χ3v) is 8.60. The van der Waals surface area contributed by atoms with Crippen LogP contribution in [0.5, 0.6) is 0 Å². The largest absolute Gasteiger partial charge is 0.598 e. The summed E-state index contributed by atoms with van der Waals surface area (Å²) in [5.41, 5.74) is -5.78. The second-order valence-electron chi connectivity index (χ2n) is 10.2. The molecule has 1 amide bonds. The van der Waals surface area contributed by atoms with Crippen LogP contribution >= 0.6 is 0 Å². The van der Waals surface area contributed by atoms with E-state index in [4.69, 9.17) is 4.74 Å². The molecule has 0 bridgehead atoms. The van der Waals surface area contributed by atoms with Crippen LogP contribution in [0.1, 0.15) is 54.4 Å². The number of carbonyl (C=O) groups is 1. The summed E-state index contributed by atoms with van der Waals surface area (Å²) < 4.78 is 77.3. The summed E-state index contributed by atoms with van der Waals surface area (Å²) in [6.45, 7) is 9.77. The molecule has 1 aliphatic rings. The first-order valence-electron chi connectivity index (χ1n) is 10.8. The van der Waals surface area contributed by atoms with Gasteiger partial charge in [-0.15, -0.1) is 4.72 Å². The maximum Gasteiger partial charge on any atom is 0.410 e. The molecule has 1 aromatic rings. The molecule has 2 rings (SSSR count). The van der Waals surface area contributed by atoms with Gasteiger partial charge >= 0.3 is 6.09 Å². The van der Waals surface area contributed by atoms with E-state index in [9.17, 15) is 17.8 Å². The van der Waals surface area contributed by atoms with Crippen molar-refractivity contribution < 1.29 is 31.3 Å². The Kier molecular flexibility index (Phi) is 8.47. The standard InChI is InChI=1S/C22H34F2N2O5S2/c1-20(2,3)31-19(27)26-14-12-22(24,13-15-26)17(25-32(28)21(4,5)6)18(23)33(29,30)16-10-8-7-9-11-16/h7-11,17-18,25H,12-15H2,1-6H3/t17?,18?,32-/m0/s1. The lowest BCUT2D eigenvalue weighted by molar-refractivity contribution is -0.00947. The van der Waals surface area contributed by atoms with Gasteiger partial charge in [-0.1, -0.05) is 18.2 Å². The number of halogens is 2. The van der Waals surface area contributed by atoms with Crippen LogP contribution in [0, 0.1) is 0 Å². The van der Waals surface area contributed by atoms with Crippen molar-refractivity contribution in [2.24, 2.45) is 0 Å². The highest BCUT2D eigenvalue weighted by molar-refractivity contribution is 7.92. The fourth-order valence-corrected chi connectivity index (χ4v) is 5.77. The zero-order chi connectivity index (χ0) is 25.2. The van der Waals surface area contributed by atoms with Crippen molar-refractivity contribution in [3.05, 3.63) is 30.3 Å². The van der Waals surface area contributed by atoms with Gasteiger partial charge in [0.25, 0.3) is 0 Å². The number of carbonyl (C=O) groups excluding carboxylic acids is 1. The number of hydrogen-bond acceptors (Lipinski definition) is 6. The predicted molar refractivity (Wildman–Crippen MR) is 124 cm³/mol. The molecule has 1 N–H and O–H groups in total. The van der Waals surface area contributed by atoms with E-state index in [-0.39, 0.29) is 30.8 Å². The predicted octanol–water partition coefficient (Wildman–Crippen LogP) is 3.92. The second kappa shape index (κ2) is 10.1. The van der Waals surface area contributed by atoms with E-state index in [1.54, 1.807) is 47.6 Å². The lowest BCUT2D eigenvalue weighted by Gasteiger charge is -2.42. The van der Waals surface area contributed by atoms with Gasteiger partial charge in [-0.3, -0.25) is 0 Å². The maximum atomic E-state index is 16.2. The molecule has 11 heteroatoms. The van der Waals surface area contributed by atoms with Crippen LogP contribution in [0.4, 0.5) is 13.6 Å². The van der Waals surface area contributed by atoms with Gasteiger partial charge in [-0.05, 0) is 53.7 Å². The Bertz CT molecular complexity index is 909. The monoisotopic (exact) mass is 508 g/mol. The Morgan fingerprint density at radius 1 is 1.15 bits per heavy atom. The second-order valence-corrected chi connectivity index (χ2v) is 14.2. The Balaban J connectivity index is 2.32. The van der Waals surface area contributed by atoms with Gasteiger partial charge in [-0.25, -0.2) is 22.0 Å². The summed E-state index contributed by atoms with van der Waals surface area (Å²) in [4.78, 5) is 13.3. The van der Waals surface area contributed by atoms with E-state index >= 15 is 8.78 Å². The van der Waals surface area contributed by atoms with Crippen LogP contribution < -0.4 is 4.72 Å². The molecular weight excluding hydrogens is 474 g/mol. The zero-order valence-corrected chi connectivity index (χ0v) is 21.6. The van der Waals surface area contributed by atoms with Gasteiger partial charge in [0, 0.05) is 37.3 Å². The zero-order valence-electron chi connectivity index (χ0n) is 19.9. The molecular formula is C22H34F2N2O5S2. The van der Waals surface area contributed by atoms with E-state index in [0.29, 0.717) is 0 Å². The van der Waals surface area contributed by atoms with Gasteiger partial charge in [0.1, 0.15) is 22.1 Å². The van der Waals surface area contributed by atoms with E-state index < -0.39 is 54.9 Å². The van der Waals surface area contributed by atoms with Crippen LogP contribution in [-0.2, 0) is 25.9 Å². The SMILES string of the molecule is CC(C)(C)OC(=O)N1CCC(F)(C(N[S@@+]([O-])C(C)(C)C)C(F)S(=O)(=O)c2ccccc2)CC1. The molecule has 1 heterocycles. The molecule has 2 unspecified atom stereocenters. The van der Waals surface area contributed by atoms with Gasteiger partial charge in [0.15, 0.2) is 0 Å². The maximum absolute atomic E-state index is 16.2. The molecule has 188 valence electrons. The van der Waals surface area contributed by atoms with Crippen LogP contribution in [0.2, 0.25) is 0 Å². The number of nitrogens with one attached hydrogen (secondary N) is 1. The lowest BCUT2D eigenvalue weighted by atomic mass is 9.87. The molecule has 0 saturated carbocycles. The number of likely N-dealkylation sites (tertiary alicyclic amines) is 1. The summed E-state index contributed by atoms with van der Waals surface area (Å²) in [6, 6.07) is 5.04. The fourth-order valence-electron chi connectivity index (χ4n) is 3.30. The van der Waals surface area contributed by atoms with Crippen molar-refractivity contribution in [2.75, 3.05) is 13.1 Å². The molecule has 0 spiro atoms. The minimum atomic E-state index is -4.58. The van der Waals surface area contributed by atoms with Crippen molar-refractivity contribution in [3.63, 3.8) is 0 Å². The summed E-state index contributed by atoms with van der Waals surface area (Å²) in [5, 5.41) is 0. The third kappa shape index (κ3) is 7.03. The highest BCUT2D eigenvalue weighted by atomic mass is 32.2. The number of hydrogen-bond donors (Lipinski definition) is 1. The topological polar surface area (TPSA) is 98.8 Å². The molecule has 0 radical (unpaired) electrons. The molecule has 7 nitrogen and oxygen atoms in total. The normalized spacial score (nSPS) is 20.1. The van der Waals surface area contributed by atoms with Crippen LogP contribution in [-0.4, -0.2) is 64.6 Å².